The average Bonchev–Trinajstić information content (AvgIpc) is 2.05. The van der Waals surface area contributed by atoms with Crippen LogP contribution in [0.5, 0.6) is 0 Å². The molecule has 0 atom stereocenters. The summed E-state index contributed by atoms with van der Waals surface area (Å²) in [7, 11) is 3.43. The van der Waals surface area contributed by atoms with E-state index in [1.54, 1.807) is 14.1 Å². The van der Waals surface area contributed by atoms with Crippen LogP contribution in [-0.2, 0) is 0 Å². The Bertz CT molecular complexity index is 153. The van der Waals surface area contributed by atoms with Crippen molar-refractivity contribution in [3.05, 3.63) is 0 Å². The number of rotatable bonds is 0. The van der Waals surface area contributed by atoms with Crippen LogP contribution in [0.4, 0.5) is 0 Å². The minimum Gasteiger partial charge on any atom is -0.339 e. The van der Waals surface area contributed by atoms with Crippen molar-refractivity contribution >= 4 is 11.9 Å². The number of hydrogen-bond donors (Lipinski definition) is 3. The smallest absolute Gasteiger partial charge is 0.199 e. The molecular formula is C5H11N5. The molecule has 56 valence electrons. The summed E-state index contributed by atoms with van der Waals surface area (Å²) < 4.78 is 0. The van der Waals surface area contributed by atoms with Gasteiger partial charge in [-0.3, -0.25) is 15.3 Å². The first-order valence-electron chi connectivity index (χ1n) is 3.05. The third-order valence-corrected chi connectivity index (χ3v) is 1.20. The molecule has 10 heavy (non-hydrogen) atoms. The summed E-state index contributed by atoms with van der Waals surface area (Å²) in [6.45, 7) is 0.673. The van der Waals surface area contributed by atoms with E-state index in [4.69, 9.17) is 0 Å². The first-order valence-corrected chi connectivity index (χ1v) is 3.05. The van der Waals surface area contributed by atoms with Crippen LogP contribution in [0, 0.1) is 0 Å². The molecule has 1 aliphatic rings. The van der Waals surface area contributed by atoms with Gasteiger partial charge in [-0.15, -0.1) is 0 Å². The molecule has 0 spiro atoms. The van der Waals surface area contributed by atoms with Crippen molar-refractivity contribution in [2.24, 2.45) is 9.98 Å². The predicted octanol–water partition coefficient (Wildman–Crippen LogP) is -1.30. The fourth-order valence-corrected chi connectivity index (χ4v) is 0.682. The van der Waals surface area contributed by atoms with E-state index in [9.17, 15) is 0 Å². The molecule has 1 rings (SSSR count). The van der Waals surface area contributed by atoms with E-state index in [1.807, 2.05) is 0 Å². The Labute approximate surface area is 59.6 Å². The van der Waals surface area contributed by atoms with E-state index in [0.717, 1.165) is 11.9 Å². The zero-order chi connectivity index (χ0) is 7.40. The highest BCUT2D eigenvalue weighted by Gasteiger charge is 2.06. The molecule has 0 aromatic rings. The maximum Gasteiger partial charge on any atom is 0.199 e. The lowest BCUT2D eigenvalue weighted by Crippen LogP contribution is -2.56. The minimum absolute atomic E-state index is 0.673. The summed E-state index contributed by atoms with van der Waals surface area (Å²) in [5.74, 6) is 1.50. The highest BCUT2D eigenvalue weighted by molar-refractivity contribution is 6.00. The number of nitrogens with one attached hydrogen (secondary N) is 3. The third-order valence-electron chi connectivity index (χ3n) is 1.20. The van der Waals surface area contributed by atoms with Gasteiger partial charge in [-0.25, -0.2) is 0 Å². The van der Waals surface area contributed by atoms with Crippen LogP contribution in [0.2, 0.25) is 0 Å². The summed E-state index contributed by atoms with van der Waals surface area (Å²) in [5.41, 5.74) is 0. The number of nitrogens with zero attached hydrogens (tertiary/aromatic N) is 2. The van der Waals surface area contributed by atoms with Crippen LogP contribution in [0.3, 0.4) is 0 Å². The van der Waals surface area contributed by atoms with Gasteiger partial charge in [-0.2, -0.15) is 0 Å². The molecule has 0 aromatic heterocycles. The van der Waals surface area contributed by atoms with Gasteiger partial charge in [0.1, 0.15) is 0 Å². The first kappa shape index (κ1) is 6.85. The Balaban J connectivity index is 2.56. The van der Waals surface area contributed by atoms with Crippen molar-refractivity contribution < 1.29 is 0 Å². The van der Waals surface area contributed by atoms with E-state index in [-0.39, 0.29) is 0 Å². The molecule has 5 nitrogen and oxygen atoms in total. The summed E-state index contributed by atoms with van der Waals surface area (Å²) >= 11 is 0. The normalized spacial score (nSPS) is 25.4. The predicted molar refractivity (Wildman–Crippen MR) is 41.0 cm³/mol. The van der Waals surface area contributed by atoms with E-state index in [0.29, 0.717) is 6.67 Å². The molecular weight excluding hydrogens is 130 g/mol. The summed E-state index contributed by atoms with van der Waals surface area (Å²) in [5, 5.41) is 8.89. The molecule has 1 saturated heterocycles. The van der Waals surface area contributed by atoms with Crippen LogP contribution in [0.25, 0.3) is 0 Å². The maximum absolute atomic E-state index is 3.92. The summed E-state index contributed by atoms with van der Waals surface area (Å²) in [6, 6.07) is 0. The highest BCUT2D eigenvalue weighted by atomic mass is 15.3. The maximum atomic E-state index is 3.92. The molecule has 0 amide bonds. The second-order valence-corrected chi connectivity index (χ2v) is 1.80. The molecule has 1 aliphatic heterocycles. The van der Waals surface area contributed by atoms with Crippen molar-refractivity contribution in [1.82, 2.24) is 16.0 Å². The fraction of sp³-hybridized carbons (Fsp3) is 0.600. The quantitative estimate of drug-likeness (QED) is 0.393. The second kappa shape index (κ2) is 3.05. The van der Waals surface area contributed by atoms with Gasteiger partial charge < -0.3 is 10.6 Å². The molecule has 1 heterocycles. The molecule has 0 aromatic carbocycles. The molecule has 0 bridgehead atoms. The van der Waals surface area contributed by atoms with Crippen molar-refractivity contribution in [2.45, 2.75) is 0 Å². The van der Waals surface area contributed by atoms with Gasteiger partial charge in [0.15, 0.2) is 11.9 Å². The molecule has 0 aliphatic carbocycles. The van der Waals surface area contributed by atoms with Crippen LogP contribution < -0.4 is 16.0 Å². The Kier molecular flexibility index (Phi) is 2.09. The largest absolute Gasteiger partial charge is 0.339 e. The fourth-order valence-electron chi connectivity index (χ4n) is 0.682. The molecule has 0 radical (unpaired) electrons. The highest BCUT2D eigenvalue weighted by Crippen LogP contribution is 1.74. The van der Waals surface area contributed by atoms with E-state index in [2.05, 4.69) is 25.9 Å². The second-order valence-electron chi connectivity index (χ2n) is 1.80. The van der Waals surface area contributed by atoms with Gasteiger partial charge >= 0.3 is 0 Å². The zero-order valence-electron chi connectivity index (χ0n) is 6.10. The lowest BCUT2D eigenvalue weighted by molar-refractivity contribution is 0.758. The van der Waals surface area contributed by atoms with Crippen molar-refractivity contribution in [3.63, 3.8) is 0 Å². The van der Waals surface area contributed by atoms with Crippen molar-refractivity contribution in [3.8, 4) is 0 Å². The lowest BCUT2D eigenvalue weighted by atomic mass is 10.7. The van der Waals surface area contributed by atoms with Gasteiger partial charge in [0.2, 0.25) is 0 Å². The average molecular weight is 141 g/mol. The van der Waals surface area contributed by atoms with E-state index < -0.39 is 0 Å². The summed E-state index contributed by atoms with van der Waals surface area (Å²) in [4.78, 5) is 7.84. The third kappa shape index (κ3) is 1.37. The molecule has 0 unspecified atom stereocenters. The van der Waals surface area contributed by atoms with Gasteiger partial charge in [0.05, 0.1) is 6.67 Å². The van der Waals surface area contributed by atoms with Gasteiger partial charge in [0, 0.05) is 14.1 Å². The lowest BCUT2D eigenvalue weighted by Gasteiger charge is -2.20. The first-order chi connectivity index (χ1) is 4.86. The molecule has 5 heteroatoms. The molecule has 0 saturated carbocycles. The topological polar surface area (TPSA) is 60.8 Å². The summed E-state index contributed by atoms with van der Waals surface area (Å²) in [6.07, 6.45) is 0. The zero-order valence-corrected chi connectivity index (χ0v) is 6.10. The monoisotopic (exact) mass is 141 g/mol. The van der Waals surface area contributed by atoms with E-state index in [1.165, 1.54) is 0 Å². The van der Waals surface area contributed by atoms with Crippen LogP contribution >= 0.6 is 0 Å². The minimum atomic E-state index is 0.673. The Morgan fingerprint density at radius 1 is 1.10 bits per heavy atom. The van der Waals surface area contributed by atoms with Crippen molar-refractivity contribution in [1.29, 1.82) is 0 Å². The van der Waals surface area contributed by atoms with Crippen molar-refractivity contribution in [2.75, 3.05) is 20.8 Å². The van der Waals surface area contributed by atoms with E-state index >= 15 is 0 Å². The number of hydrogen-bond acceptors (Lipinski definition) is 2. The van der Waals surface area contributed by atoms with Crippen LogP contribution in [-0.4, -0.2) is 32.7 Å². The SMILES string of the molecule is CN=C1NCNC(=NC)N1. The number of aliphatic imine (C=N–C) groups is 2. The van der Waals surface area contributed by atoms with Crippen LogP contribution in [0.15, 0.2) is 9.98 Å². The van der Waals surface area contributed by atoms with Crippen LogP contribution in [0.1, 0.15) is 0 Å². The Morgan fingerprint density at radius 2 is 1.60 bits per heavy atom. The Morgan fingerprint density at radius 3 is 2.00 bits per heavy atom. The molecule has 3 N–H and O–H groups in total. The van der Waals surface area contributed by atoms with Gasteiger partial charge in [0.25, 0.3) is 0 Å². The molecule has 1 fully saturated rings. The number of guanidine groups is 2. The van der Waals surface area contributed by atoms with Gasteiger partial charge in [-0.05, 0) is 0 Å². The van der Waals surface area contributed by atoms with Gasteiger partial charge in [-0.1, -0.05) is 0 Å². The standard InChI is InChI=1S/C5H11N5/c1-6-4-8-3-9-5(7-2)10-4/h3H2,1-2H3,(H3,6,7,8,9,10). The Hall–Kier alpha value is -1.26.